The minimum absolute atomic E-state index is 0.0371. The molecule has 7 heteroatoms. The molecule has 0 saturated carbocycles. The number of nitrogens with zero attached hydrogens (tertiary/aromatic N) is 2. The van der Waals surface area contributed by atoms with Crippen molar-refractivity contribution < 1.29 is 14.7 Å². The maximum atomic E-state index is 12.1. The van der Waals surface area contributed by atoms with Gasteiger partial charge in [0.05, 0.1) is 5.92 Å². The predicted octanol–water partition coefficient (Wildman–Crippen LogP) is 1.24. The minimum Gasteiger partial charge on any atom is -0.481 e. The number of piperidine rings is 1. The van der Waals surface area contributed by atoms with Crippen molar-refractivity contribution in [3.05, 3.63) is 18.2 Å². The molecule has 1 saturated heterocycles. The Morgan fingerprint density at radius 3 is 3.00 bits per heavy atom. The van der Waals surface area contributed by atoms with Gasteiger partial charge in [-0.2, -0.15) is 0 Å². The fourth-order valence-electron chi connectivity index (χ4n) is 2.69. The number of nitrogens with one attached hydrogen (secondary N) is 2. The van der Waals surface area contributed by atoms with Gasteiger partial charge in [0.25, 0.3) is 0 Å². The molecule has 7 nitrogen and oxygen atoms in total. The van der Waals surface area contributed by atoms with Gasteiger partial charge in [-0.25, -0.2) is 9.78 Å². The highest BCUT2D eigenvalue weighted by molar-refractivity contribution is 5.75. The Bertz CT molecular complexity index is 475. The summed E-state index contributed by atoms with van der Waals surface area (Å²) in [5.74, 6) is -0.178. The van der Waals surface area contributed by atoms with Crippen LogP contribution in [0, 0.1) is 5.92 Å². The first kappa shape index (κ1) is 15.3. The van der Waals surface area contributed by atoms with E-state index in [1.165, 1.54) is 0 Å². The molecule has 2 unspecified atom stereocenters. The number of carboxylic acids is 1. The standard InChI is InChI=1S/C14H22N4O3/c1-10-9-11(13(19)20)4-8-18(10)14(21)17-5-2-3-12-15-6-7-16-12/h6-7,10-11H,2-5,8-9H2,1H3,(H,15,16)(H,17,21)(H,19,20). The number of aromatic amines is 1. The number of aliphatic carboxylic acids is 1. The summed E-state index contributed by atoms with van der Waals surface area (Å²) < 4.78 is 0. The molecule has 0 spiro atoms. The molecule has 0 radical (unpaired) electrons. The molecular weight excluding hydrogens is 272 g/mol. The van der Waals surface area contributed by atoms with Gasteiger partial charge < -0.3 is 20.3 Å². The number of urea groups is 1. The van der Waals surface area contributed by atoms with Crippen molar-refractivity contribution in [2.45, 2.75) is 38.6 Å². The number of rotatable bonds is 5. The van der Waals surface area contributed by atoms with Crippen molar-refractivity contribution in [3.8, 4) is 0 Å². The second-order valence-electron chi connectivity index (χ2n) is 5.47. The second-order valence-corrected chi connectivity index (χ2v) is 5.47. The fraction of sp³-hybridized carbons (Fsp3) is 0.643. The molecule has 1 aliphatic rings. The molecule has 2 rings (SSSR count). The Morgan fingerprint density at radius 2 is 2.38 bits per heavy atom. The van der Waals surface area contributed by atoms with Gasteiger partial charge in [0, 0.05) is 37.9 Å². The van der Waals surface area contributed by atoms with Crippen LogP contribution in [0.3, 0.4) is 0 Å². The van der Waals surface area contributed by atoms with E-state index in [9.17, 15) is 9.59 Å². The Kier molecular flexibility index (Phi) is 5.19. The van der Waals surface area contributed by atoms with Crippen molar-refractivity contribution in [3.63, 3.8) is 0 Å². The van der Waals surface area contributed by atoms with Crippen molar-refractivity contribution in [2.75, 3.05) is 13.1 Å². The molecule has 0 aliphatic carbocycles. The fourth-order valence-corrected chi connectivity index (χ4v) is 2.69. The van der Waals surface area contributed by atoms with Crippen LogP contribution in [0.5, 0.6) is 0 Å². The molecule has 1 aromatic rings. The first-order chi connectivity index (χ1) is 10.1. The molecule has 1 aliphatic heterocycles. The third kappa shape index (κ3) is 4.21. The van der Waals surface area contributed by atoms with Gasteiger partial charge in [0.2, 0.25) is 0 Å². The van der Waals surface area contributed by atoms with Gasteiger partial charge in [-0.3, -0.25) is 4.79 Å². The predicted molar refractivity (Wildman–Crippen MR) is 76.8 cm³/mol. The van der Waals surface area contributed by atoms with Crippen molar-refractivity contribution in [1.82, 2.24) is 20.2 Å². The van der Waals surface area contributed by atoms with Crippen LogP contribution in [0.4, 0.5) is 4.79 Å². The van der Waals surface area contributed by atoms with Gasteiger partial charge in [-0.1, -0.05) is 0 Å². The zero-order chi connectivity index (χ0) is 15.2. The summed E-state index contributed by atoms with van der Waals surface area (Å²) >= 11 is 0. The van der Waals surface area contributed by atoms with E-state index in [1.807, 2.05) is 6.92 Å². The summed E-state index contributed by atoms with van der Waals surface area (Å²) in [5, 5.41) is 11.9. The van der Waals surface area contributed by atoms with E-state index >= 15 is 0 Å². The van der Waals surface area contributed by atoms with Crippen molar-refractivity contribution in [2.24, 2.45) is 5.92 Å². The van der Waals surface area contributed by atoms with E-state index in [1.54, 1.807) is 17.3 Å². The van der Waals surface area contributed by atoms with E-state index in [-0.39, 0.29) is 18.0 Å². The maximum absolute atomic E-state index is 12.1. The lowest BCUT2D eigenvalue weighted by molar-refractivity contribution is -0.143. The highest BCUT2D eigenvalue weighted by Crippen LogP contribution is 2.22. The van der Waals surface area contributed by atoms with Crippen LogP contribution in [-0.4, -0.2) is 51.1 Å². The molecule has 0 bridgehead atoms. The Labute approximate surface area is 123 Å². The molecule has 116 valence electrons. The first-order valence-electron chi connectivity index (χ1n) is 7.33. The first-order valence-corrected chi connectivity index (χ1v) is 7.33. The SMILES string of the molecule is CC1CC(C(=O)O)CCN1C(=O)NCCCc1ncc[nH]1. The van der Waals surface area contributed by atoms with Crippen molar-refractivity contribution in [1.29, 1.82) is 0 Å². The quantitative estimate of drug-likeness (QED) is 0.711. The summed E-state index contributed by atoms with van der Waals surface area (Å²) in [5.41, 5.74) is 0. The summed E-state index contributed by atoms with van der Waals surface area (Å²) in [7, 11) is 0. The number of carboxylic acid groups (broad SMARTS) is 1. The maximum Gasteiger partial charge on any atom is 0.317 e. The molecule has 1 fully saturated rings. The molecule has 2 heterocycles. The molecule has 0 aromatic carbocycles. The van der Waals surface area contributed by atoms with Gasteiger partial charge in [-0.15, -0.1) is 0 Å². The summed E-state index contributed by atoms with van der Waals surface area (Å²) in [6.45, 7) is 2.99. The number of amides is 2. The lowest BCUT2D eigenvalue weighted by atomic mass is 9.92. The summed E-state index contributed by atoms with van der Waals surface area (Å²) in [6, 6.07) is -0.143. The number of likely N-dealkylation sites (tertiary alicyclic amines) is 1. The minimum atomic E-state index is -0.764. The van der Waals surface area contributed by atoms with E-state index in [2.05, 4.69) is 15.3 Å². The topological polar surface area (TPSA) is 98.3 Å². The number of hydrogen-bond donors (Lipinski definition) is 3. The number of carbonyl (C=O) groups excluding carboxylic acids is 1. The number of aryl methyl sites for hydroxylation is 1. The third-order valence-corrected chi connectivity index (χ3v) is 3.91. The van der Waals surface area contributed by atoms with Crippen LogP contribution in [0.1, 0.15) is 32.0 Å². The Morgan fingerprint density at radius 1 is 1.57 bits per heavy atom. The van der Waals surface area contributed by atoms with Crippen LogP contribution in [-0.2, 0) is 11.2 Å². The average Bonchev–Trinajstić information content (AvgIpc) is 2.96. The van der Waals surface area contributed by atoms with Gasteiger partial charge in [0.15, 0.2) is 0 Å². The number of H-pyrrole nitrogens is 1. The van der Waals surface area contributed by atoms with E-state index in [4.69, 9.17) is 5.11 Å². The van der Waals surface area contributed by atoms with E-state index in [0.717, 1.165) is 18.7 Å². The Balaban J connectivity index is 1.69. The molecule has 1 aromatic heterocycles. The van der Waals surface area contributed by atoms with Crippen molar-refractivity contribution >= 4 is 12.0 Å². The summed E-state index contributed by atoms with van der Waals surface area (Å²) in [4.78, 5) is 31.9. The largest absolute Gasteiger partial charge is 0.481 e. The zero-order valence-electron chi connectivity index (χ0n) is 12.2. The monoisotopic (exact) mass is 294 g/mol. The van der Waals surface area contributed by atoms with Crippen LogP contribution in [0.15, 0.2) is 12.4 Å². The van der Waals surface area contributed by atoms with Gasteiger partial charge in [-0.05, 0) is 26.2 Å². The molecule has 2 atom stereocenters. The second kappa shape index (κ2) is 7.10. The van der Waals surface area contributed by atoms with E-state index < -0.39 is 5.97 Å². The highest BCUT2D eigenvalue weighted by atomic mass is 16.4. The zero-order valence-corrected chi connectivity index (χ0v) is 12.2. The molecule has 3 N–H and O–H groups in total. The lowest BCUT2D eigenvalue weighted by Crippen LogP contribution is -2.50. The smallest absolute Gasteiger partial charge is 0.317 e. The number of carbonyl (C=O) groups is 2. The lowest BCUT2D eigenvalue weighted by Gasteiger charge is -2.36. The molecule has 21 heavy (non-hydrogen) atoms. The number of imidazole rings is 1. The highest BCUT2D eigenvalue weighted by Gasteiger charge is 2.31. The number of aromatic nitrogens is 2. The number of hydrogen-bond acceptors (Lipinski definition) is 3. The molecule has 2 amide bonds. The van der Waals surface area contributed by atoms with E-state index in [0.29, 0.717) is 25.9 Å². The third-order valence-electron chi connectivity index (χ3n) is 3.91. The Hall–Kier alpha value is -2.05. The van der Waals surface area contributed by atoms with Gasteiger partial charge >= 0.3 is 12.0 Å². The average molecular weight is 294 g/mol. The normalized spacial score (nSPS) is 22.0. The summed E-state index contributed by atoms with van der Waals surface area (Å²) in [6.07, 6.45) is 6.15. The van der Waals surface area contributed by atoms with Crippen LogP contribution in [0.2, 0.25) is 0 Å². The van der Waals surface area contributed by atoms with Crippen LogP contribution in [0.25, 0.3) is 0 Å². The van der Waals surface area contributed by atoms with Crippen LogP contribution >= 0.6 is 0 Å². The van der Waals surface area contributed by atoms with Gasteiger partial charge in [0.1, 0.15) is 5.82 Å². The van der Waals surface area contributed by atoms with Crippen LogP contribution < -0.4 is 5.32 Å². The molecular formula is C14H22N4O3.